The van der Waals surface area contributed by atoms with Gasteiger partial charge in [0.25, 0.3) is 0 Å². The molecule has 0 N–H and O–H groups in total. The minimum Gasteiger partial charge on any atom is -0.373 e. The lowest BCUT2D eigenvalue weighted by Crippen LogP contribution is -2.00. The van der Waals surface area contributed by atoms with Gasteiger partial charge in [0.1, 0.15) is 0 Å². The van der Waals surface area contributed by atoms with Crippen LogP contribution < -0.4 is 0 Å². The molecule has 1 atom stereocenters. The number of fused-ring (bicyclic) bond motifs is 1. The van der Waals surface area contributed by atoms with Crippen LogP contribution in [-0.2, 0) is 4.74 Å². The SMILES string of the molecule is CCCOC(C)c1sc2ccccc2c1I. The Kier molecular flexibility index (Phi) is 4.21. The smallest absolute Gasteiger partial charge is 0.0899 e. The van der Waals surface area contributed by atoms with Crippen molar-refractivity contribution in [2.24, 2.45) is 0 Å². The monoisotopic (exact) mass is 346 g/mol. The second kappa shape index (κ2) is 5.47. The van der Waals surface area contributed by atoms with Gasteiger partial charge in [-0.1, -0.05) is 25.1 Å². The molecule has 0 bridgehead atoms. The summed E-state index contributed by atoms with van der Waals surface area (Å²) < 4.78 is 8.50. The van der Waals surface area contributed by atoms with Crippen LogP contribution in [0, 0.1) is 3.57 Å². The Labute approximate surface area is 114 Å². The van der Waals surface area contributed by atoms with E-state index in [2.05, 4.69) is 60.7 Å². The number of halogens is 1. The molecule has 86 valence electrons. The molecule has 0 saturated heterocycles. The topological polar surface area (TPSA) is 9.23 Å². The highest BCUT2D eigenvalue weighted by Crippen LogP contribution is 2.37. The maximum absolute atomic E-state index is 5.79. The third-order valence-corrected chi connectivity index (χ3v) is 5.36. The number of rotatable bonds is 4. The largest absolute Gasteiger partial charge is 0.373 e. The number of benzene rings is 1. The third-order valence-electron chi connectivity index (χ3n) is 2.50. The molecule has 0 saturated carbocycles. The average Bonchev–Trinajstić information content (AvgIpc) is 2.64. The predicted molar refractivity (Wildman–Crippen MR) is 79.2 cm³/mol. The summed E-state index contributed by atoms with van der Waals surface area (Å²) in [6.45, 7) is 5.12. The molecule has 1 nitrogen and oxygen atoms in total. The standard InChI is InChI=1S/C13H15IOS/c1-3-8-15-9(2)13-12(14)10-6-4-5-7-11(10)16-13/h4-7,9H,3,8H2,1-2H3. The highest BCUT2D eigenvalue weighted by atomic mass is 127. The first-order valence-electron chi connectivity index (χ1n) is 5.52. The van der Waals surface area contributed by atoms with Gasteiger partial charge in [-0.05, 0) is 42.0 Å². The van der Waals surface area contributed by atoms with Crippen LogP contribution in [0.15, 0.2) is 24.3 Å². The quantitative estimate of drug-likeness (QED) is 0.709. The fourth-order valence-electron chi connectivity index (χ4n) is 1.66. The van der Waals surface area contributed by atoms with Crippen molar-refractivity contribution in [3.05, 3.63) is 32.7 Å². The van der Waals surface area contributed by atoms with E-state index < -0.39 is 0 Å². The van der Waals surface area contributed by atoms with Crippen LogP contribution in [0.4, 0.5) is 0 Å². The van der Waals surface area contributed by atoms with Crippen LogP contribution in [0.1, 0.15) is 31.2 Å². The van der Waals surface area contributed by atoms with Crippen LogP contribution in [0.2, 0.25) is 0 Å². The first-order chi connectivity index (χ1) is 7.74. The minimum absolute atomic E-state index is 0.212. The van der Waals surface area contributed by atoms with Crippen LogP contribution in [0.25, 0.3) is 10.1 Å². The van der Waals surface area contributed by atoms with Gasteiger partial charge >= 0.3 is 0 Å². The van der Waals surface area contributed by atoms with Gasteiger partial charge in [0.15, 0.2) is 0 Å². The lowest BCUT2D eigenvalue weighted by molar-refractivity contribution is 0.0682. The molecule has 0 amide bonds. The van der Waals surface area contributed by atoms with Crippen molar-refractivity contribution < 1.29 is 4.74 Å². The molecule has 3 heteroatoms. The zero-order chi connectivity index (χ0) is 11.5. The van der Waals surface area contributed by atoms with Crippen molar-refractivity contribution in [3.8, 4) is 0 Å². The van der Waals surface area contributed by atoms with E-state index in [4.69, 9.17) is 4.74 Å². The molecule has 0 aliphatic carbocycles. The maximum Gasteiger partial charge on any atom is 0.0899 e. The summed E-state index contributed by atoms with van der Waals surface area (Å²) in [7, 11) is 0. The Morgan fingerprint density at radius 1 is 1.38 bits per heavy atom. The Bertz CT molecular complexity index is 478. The molecular weight excluding hydrogens is 331 g/mol. The minimum atomic E-state index is 0.212. The molecule has 1 aromatic heterocycles. The fourth-order valence-corrected chi connectivity index (χ4v) is 4.18. The van der Waals surface area contributed by atoms with E-state index in [9.17, 15) is 0 Å². The van der Waals surface area contributed by atoms with Gasteiger partial charge in [0.2, 0.25) is 0 Å². The molecule has 2 rings (SSSR count). The lowest BCUT2D eigenvalue weighted by atomic mass is 10.2. The van der Waals surface area contributed by atoms with Crippen molar-refractivity contribution in [1.29, 1.82) is 0 Å². The van der Waals surface area contributed by atoms with E-state index in [1.807, 2.05) is 11.3 Å². The van der Waals surface area contributed by atoms with Gasteiger partial charge in [0, 0.05) is 25.1 Å². The van der Waals surface area contributed by atoms with E-state index in [1.54, 1.807) is 0 Å². The number of ether oxygens (including phenoxy) is 1. The van der Waals surface area contributed by atoms with E-state index >= 15 is 0 Å². The average molecular weight is 346 g/mol. The van der Waals surface area contributed by atoms with Crippen molar-refractivity contribution in [1.82, 2.24) is 0 Å². The number of thiophene rings is 1. The van der Waals surface area contributed by atoms with Gasteiger partial charge in [-0.3, -0.25) is 0 Å². The number of hydrogen-bond acceptors (Lipinski definition) is 2. The van der Waals surface area contributed by atoms with E-state index in [0.29, 0.717) is 0 Å². The van der Waals surface area contributed by atoms with Crippen molar-refractivity contribution in [3.63, 3.8) is 0 Å². The highest BCUT2D eigenvalue weighted by Gasteiger charge is 2.15. The third kappa shape index (κ3) is 2.41. The summed E-state index contributed by atoms with van der Waals surface area (Å²) >= 11 is 4.28. The molecular formula is C13H15IOS. The maximum atomic E-state index is 5.79. The van der Waals surface area contributed by atoms with Gasteiger partial charge in [-0.2, -0.15) is 0 Å². The van der Waals surface area contributed by atoms with Gasteiger partial charge < -0.3 is 4.74 Å². The molecule has 16 heavy (non-hydrogen) atoms. The van der Waals surface area contributed by atoms with Gasteiger partial charge in [0.05, 0.1) is 6.10 Å². The molecule has 1 unspecified atom stereocenters. The molecule has 0 aliphatic heterocycles. The first kappa shape index (κ1) is 12.3. The summed E-state index contributed by atoms with van der Waals surface area (Å²) in [4.78, 5) is 1.36. The van der Waals surface area contributed by atoms with E-state index in [-0.39, 0.29) is 6.10 Å². The first-order valence-corrected chi connectivity index (χ1v) is 7.42. The summed E-state index contributed by atoms with van der Waals surface area (Å²) in [5, 5.41) is 1.36. The molecule has 1 aromatic carbocycles. The predicted octanol–water partition coefficient (Wildman–Crippen LogP) is 4.99. The Balaban J connectivity index is 2.33. The lowest BCUT2D eigenvalue weighted by Gasteiger charge is -2.10. The fraction of sp³-hybridized carbons (Fsp3) is 0.385. The van der Waals surface area contributed by atoms with Crippen LogP contribution in [0.5, 0.6) is 0 Å². The van der Waals surface area contributed by atoms with E-state index in [1.165, 1.54) is 18.5 Å². The van der Waals surface area contributed by atoms with Crippen LogP contribution in [0.3, 0.4) is 0 Å². The Hall–Kier alpha value is -0.130. The molecule has 0 fully saturated rings. The molecule has 0 spiro atoms. The summed E-state index contributed by atoms with van der Waals surface area (Å²) in [5.41, 5.74) is 0. The van der Waals surface area contributed by atoms with Crippen molar-refractivity contribution >= 4 is 44.0 Å². The summed E-state index contributed by atoms with van der Waals surface area (Å²) in [6.07, 6.45) is 1.29. The molecule has 1 heterocycles. The zero-order valence-electron chi connectivity index (χ0n) is 9.50. The second-order valence-electron chi connectivity index (χ2n) is 3.79. The van der Waals surface area contributed by atoms with Crippen molar-refractivity contribution in [2.75, 3.05) is 6.61 Å². The summed E-state index contributed by atoms with van der Waals surface area (Å²) in [5.74, 6) is 0. The molecule has 0 aliphatic rings. The van der Waals surface area contributed by atoms with Crippen LogP contribution in [-0.4, -0.2) is 6.61 Å². The van der Waals surface area contributed by atoms with Crippen LogP contribution >= 0.6 is 33.9 Å². The second-order valence-corrected chi connectivity index (χ2v) is 5.95. The number of hydrogen-bond donors (Lipinski definition) is 0. The van der Waals surface area contributed by atoms with Gasteiger partial charge in [-0.15, -0.1) is 11.3 Å². The zero-order valence-corrected chi connectivity index (χ0v) is 12.5. The van der Waals surface area contributed by atoms with Crippen molar-refractivity contribution in [2.45, 2.75) is 26.4 Å². The highest BCUT2D eigenvalue weighted by molar-refractivity contribution is 14.1. The molecule has 0 radical (unpaired) electrons. The Morgan fingerprint density at radius 2 is 2.12 bits per heavy atom. The molecule has 2 aromatic rings. The van der Waals surface area contributed by atoms with Gasteiger partial charge in [-0.25, -0.2) is 0 Å². The Morgan fingerprint density at radius 3 is 2.81 bits per heavy atom. The van der Waals surface area contributed by atoms with E-state index in [0.717, 1.165) is 13.0 Å². The normalized spacial score (nSPS) is 13.2. The summed E-state index contributed by atoms with van der Waals surface area (Å²) in [6, 6.07) is 8.55.